The first kappa shape index (κ1) is 29.4. The van der Waals surface area contributed by atoms with E-state index in [1.807, 2.05) is 54.8 Å². The second-order valence-corrected chi connectivity index (χ2v) is 10.9. The van der Waals surface area contributed by atoms with Crippen molar-refractivity contribution in [2.45, 2.75) is 57.8 Å². The van der Waals surface area contributed by atoms with E-state index in [9.17, 15) is 27.2 Å². The monoisotopic (exact) mass is 579 g/mol. The average Bonchev–Trinajstić information content (AvgIpc) is 3.36. The van der Waals surface area contributed by atoms with Crippen molar-refractivity contribution < 1.29 is 27.2 Å². The summed E-state index contributed by atoms with van der Waals surface area (Å²) in [7, 11) is 0. The molecule has 4 aromatic rings. The molecular weight excluding hydrogens is 546 g/mol. The number of likely N-dealkylation sites (tertiary alicyclic amines) is 1. The molecule has 5 rings (SSSR count). The average molecular weight is 580 g/mol. The number of hydrogen-bond donors (Lipinski definition) is 1. The van der Waals surface area contributed by atoms with E-state index >= 15 is 0 Å². The minimum absolute atomic E-state index is 0.0602. The van der Waals surface area contributed by atoms with Crippen LogP contribution in [0.3, 0.4) is 0 Å². The molecule has 220 valence electrons. The molecule has 1 fully saturated rings. The van der Waals surface area contributed by atoms with Crippen LogP contribution >= 0.6 is 0 Å². The standard InChI is InChI=1S/C33H33F4N3O2/c1-22-7-5-11-26-28(21-40(30(22)26)16-6-10-23-8-3-2-4-9-23)31(41)39-17-14-25(15-18-39)27-19-24(12-13-29(27)34)20-38-32(42)33(35,36)37/h2-5,7-9,11-13,19,21,25H,6,10,14-18,20H2,1H3,(H,38,42). The summed E-state index contributed by atoms with van der Waals surface area (Å²) in [4.78, 5) is 26.7. The Morgan fingerprint density at radius 1 is 0.952 bits per heavy atom. The van der Waals surface area contributed by atoms with E-state index in [1.165, 1.54) is 23.8 Å². The summed E-state index contributed by atoms with van der Waals surface area (Å²) in [5.41, 5.74) is 4.87. The minimum Gasteiger partial charge on any atom is -0.346 e. The van der Waals surface area contributed by atoms with Crippen molar-refractivity contribution in [3.05, 3.63) is 107 Å². The summed E-state index contributed by atoms with van der Waals surface area (Å²) < 4.78 is 54.5. The quantitative estimate of drug-likeness (QED) is 0.231. The lowest BCUT2D eigenvalue weighted by Gasteiger charge is -2.32. The van der Waals surface area contributed by atoms with Gasteiger partial charge in [0.05, 0.1) is 11.1 Å². The van der Waals surface area contributed by atoms with Crippen molar-refractivity contribution in [1.82, 2.24) is 14.8 Å². The largest absolute Gasteiger partial charge is 0.471 e. The van der Waals surface area contributed by atoms with Gasteiger partial charge in [0.25, 0.3) is 5.91 Å². The van der Waals surface area contributed by atoms with Crippen LogP contribution in [0.2, 0.25) is 0 Å². The molecule has 1 N–H and O–H groups in total. The van der Waals surface area contributed by atoms with Crippen LogP contribution in [0, 0.1) is 12.7 Å². The zero-order valence-corrected chi connectivity index (χ0v) is 23.4. The number of piperidine rings is 1. The van der Waals surface area contributed by atoms with Gasteiger partial charge in [0, 0.05) is 37.8 Å². The minimum atomic E-state index is -4.98. The summed E-state index contributed by atoms with van der Waals surface area (Å²) in [5.74, 6) is -2.73. The number of fused-ring (bicyclic) bond motifs is 1. The summed E-state index contributed by atoms with van der Waals surface area (Å²) in [6.45, 7) is 3.35. The number of hydrogen-bond acceptors (Lipinski definition) is 2. The van der Waals surface area contributed by atoms with Gasteiger partial charge in [-0.3, -0.25) is 9.59 Å². The molecule has 1 saturated heterocycles. The molecule has 1 aromatic heterocycles. The number of benzene rings is 3. The Bertz CT molecular complexity index is 1570. The highest BCUT2D eigenvalue weighted by Crippen LogP contribution is 2.33. The van der Waals surface area contributed by atoms with Crippen molar-refractivity contribution in [3.63, 3.8) is 0 Å². The molecule has 0 bridgehead atoms. The van der Waals surface area contributed by atoms with E-state index in [4.69, 9.17) is 0 Å². The van der Waals surface area contributed by atoms with Crippen LogP contribution in [0.5, 0.6) is 0 Å². The number of carbonyl (C=O) groups is 2. The zero-order valence-electron chi connectivity index (χ0n) is 23.4. The van der Waals surface area contributed by atoms with Gasteiger partial charge < -0.3 is 14.8 Å². The molecule has 2 amide bonds. The van der Waals surface area contributed by atoms with Crippen molar-refractivity contribution >= 4 is 22.7 Å². The topological polar surface area (TPSA) is 54.3 Å². The maximum atomic E-state index is 14.7. The molecule has 2 heterocycles. The molecule has 0 spiro atoms. The molecule has 3 aromatic carbocycles. The van der Waals surface area contributed by atoms with Crippen molar-refractivity contribution in [2.24, 2.45) is 0 Å². The fourth-order valence-corrected chi connectivity index (χ4v) is 5.85. The first-order valence-corrected chi connectivity index (χ1v) is 14.2. The predicted octanol–water partition coefficient (Wildman–Crippen LogP) is 6.92. The maximum absolute atomic E-state index is 14.7. The van der Waals surface area contributed by atoms with Crippen LogP contribution in [0.1, 0.15) is 57.8 Å². The van der Waals surface area contributed by atoms with Crippen LogP contribution < -0.4 is 5.32 Å². The zero-order chi connectivity index (χ0) is 29.9. The van der Waals surface area contributed by atoms with E-state index in [-0.39, 0.29) is 18.4 Å². The number of alkyl halides is 3. The first-order valence-electron chi connectivity index (χ1n) is 14.2. The molecule has 1 aliphatic rings. The van der Waals surface area contributed by atoms with E-state index in [0.29, 0.717) is 42.6 Å². The molecule has 0 radical (unpaired) electrons. The third-order valence-electron chi connectivity index (χ3n) is 8.03. The Morgan fingerprint density at radius 2 is 1.69 bits per heavy atom. The number of amides is 2. The van der Waals surface area contributed by atoms with Crippen LogP contribution in [0.15, 0.2) is 72.9 Å². The highest BCUT2D eigenvalue weighted by Gasteiger charge is 2.38. The SMILES string of the molecule is Cc1cccc2c(C(=O)N3CCC(c4cc(CNC(=O)C(F)(F)F)ccc4F)CC3)cn(CCCc3ccccc3)c12. The summed E-state index contributed by atoms with van der Waals surface area (Å²) in [6.07, 6.45) is -0.0995. The predicted molar refractivity (Wildman–Crippen MR) is 154 cm³/mol. The molecular formula is C33H33F4N3O2. The second-order valence-electron chi connectivity index (χ2n) is 10.9. The summed E-state index contributed by atoms with van der Waals surface area (Å²) >= 11 is 0. The molecule has 0 unspecified atom stereocenters. The second kappa shape index (κ2) is 12.4. The number of aromatic nitrogens is 1. The van der Waals surface area contributed by atoms with Gasteiger partial charge in [-0.05, 0) is 66.8 Å². The summed E-state index contributed by atoms with van der Waals surface area (Å²) in [5, 5.41) is 2.75. The molecule has 9 heteroatoms. The van der Waals surface area contributed by atoms with Crippen LogP contribution in [0.4, 0.5) is 17.6 Å². The number of nitrogens with one attached hydrogen (secondary N) is 1. The number of aryl methyl sites for hydroxylation is 3. The number of halogens is 4. The number of para-hydroxylation sites is 1. The van der Waals surface area contributed by atoms with Gasteiger partial charge in [-0.15, -0.1) is 0 Å². The number of rotatable bonds is 8. The third-order valence-corrected chi connectivity index (χ3v) is 8.03. The van der Waals surface area contributed by atoms with Gasteiger partial charge in [0.1, 0.15) is 5.82 Å². The molecule has 0 atom stereocenters. The van der Waals surface area contributed by atoms with Crippen molar-refractivity contribution in [3.8, 4) is 0 Å². The molecule has 1 aliphatic heterocycles. The van der Waals surface area contributed by atoms with Gasteiger partial charge in [-0.1, -0.05) is 60.7 Å². The van der Waals surface area contributed by atoms with Crippen LogP contribution in [-0.2, 0) is 24.3 Å². The molecule has 5 nitrogen and oxygen atoms in total. The molecule has 42 heavy (non-hydrogen) atoms. The van der Waals surface area contributed by atoms with Gasteiger partial charge in [-0.2, -0.15) is 13.2 Å². The maximum Gasteiger partial charge on any atom is 0.471 e. The van der Waals surface area contributed by atoms with Crippen molar-refractivity contribution in [1.29, 1.82) is 0 Å². The fourth-order valence-electron chi connectivity index (χ4n) is 5.85. The molecule has 0 saturated carbocycles. The summed E-state index contributed by atoms with van der Waals surface area (Å²) in [6, 6.07) is 20.4. The smallest absolute Gasteiger partial charge is 0.346 e. The Hall–Kier alpha value is -4.14. The number of carbonyl (C=O) groups excluding carboxylic acids is 2. The highest BCUT2D eigenvalue weighted by molar-refractivity contribution is 6.07. The Morgan fingerprint density at radius 3 is 2.40 bits per heavy atom. The Kier molecular flexibility index (Phi) is 8.66. The van der Waals surface area contributed by atoms with Crippen LogP contribution in [-0.4, -0.2) is 40.5 Å². The van der Waals surface area contributed by atoms with Gasteiger partial charge in [-0.25, -0.2) is 4.39 Å². The lowest BCUT2D eigenvalue weighted by molar-refractivity contribution is -0.173. The van der Waals surface area contributed by atoms with E-state index < -0.39 is 17.9 Å². The van der Waals surface area contributed by atoms with Crippen LogP contribution in [0.25, 0.3) is 10.9 Å². The fraction of sp³-hybridized carbons (Fsp3) is 0.333. The van der Waals surface area contributed by atoms with E-state index in [0.717, 1.165) is 35.9 Å². The van der Waals surface area contributed by atoms with Crippen molar-refractivity contribution in [2.75, 3.05) is 13.1 Å². The third kappa shape index (κ3) is 6.50. The lowest BCUT2D eigenvalue weighted by atomic mass is 9.88. The van der Waals surface area contributed by atoms with E-state index in [1.54, 1.807) is 4.90 Å². The first-order chi connectivity index (χ1) is 20.1. The van der Waals surface area contributed by atoms with Gasteiger partial charge in [0.15, 0.2) is 0 Å². The van der Waals surface area contributed by atoms with Gasteiger partial charge >= 0.3 is 12.1 Å². The number of nitrogens with zero attached hydrogens (tertiary/aromatic N) is 2. The highest BCUT2D eigenvalue weighted by atomic mass is 19.4. The molecule has 0 aliphatic carbocycles. The lowest BCUT2D eigenvalue weighted by Crippen LogP contribution is -2.38. The Labute approximate surface area is 242 Å². The van der Waals surface area contributed by atoms with E-state index in [2.05, 4.69) is 16.7 Å². The van der Waals surface area contributed by atoms with Gasteiger partial charge in [0.2, 0.25) is 0 Å². The Balaban J connectivity index is 1.26. The normalized spacial score (nSPS) is 14.4.